The van der Waals surface area contributed by atoms with Gasteiger partial charge in [-0.1, -0.05) is 46.3 Å². The highest BCUT2D eigenvalue weighted by Gasteiger charge is 2.18. The van der Waals surface area contributed by atoms with E-state index in [9.17, 15) is 4.79 Å². The van der Waals surface area contributed by atoms with E-state index in [4.69, 9.17) is 14.5 Å². The van der Waals surface area contributed by atoms with E-state index in [0.717, 1.165) is 26.7 Å². The molecule has 2 aromatic heterocycles. The van der Waals surface area contributed by atoms with E-state index in [-0.39, 0.29) is 5.91 Å². The SMILES string of the molecule is COc1ccc(-c2cc(C(=O)Nc3nc(-c4ccc(Br)cc4)cs3)c3ccccc3n2)c(OC)c1. The average molecular weight is 546 g/mol. The molecule has 0 saturated carbocycles. The Labute approximate surface area is 214 Å². The second-order valence-electron chi connectivity index (χ2n) is 7.64. The van der Waals surface area contributed by atoms with E-state index >= 15 is 0 Å². The van der Waals surface area contributed by atoms with Gasteiger partial charge in [-0.3, -0.25) is 10.1 Å². The number of fused-ring (bicyclic) bond motifs is 1. The molecule has 5 rings (SSSR count). The van der Waals surface area contributed by atoms with Crippen LogP contribution >= 0.6 is 27.3 Å². The van der Waals surface area contributed by atoms with Crippen LogP contribution in [0.2, 0.25) is 0 Å². The van der Waals surface area contributed by atoms with Crippen molar-refractivity contribution in [2.24, 2.45) is 0 Å². The number of nitrogens with one attached hydrogen (secondary N) is 1. The van der Waals surface area contributed by atoms with Gasteiger partial charge in [0.2, 0.25) is 0 Å². The number of hydrogen-bond acceptors (Lipinski definition) is 6. The van der Waals surface area contributed by atoms with E-state index in [0.29, 0.717) is 33.4 Å². The minimum Gasteiger partial charge on any atom is -0.497 e. The molecule has 5 aromatic rings. The average Bonchev–Trinajstić information content (AvgIpc) is 3.36. The summed E-state index contributed by atoms with van der Waals surface area (Å²) in [5, 5.41) is 6.17. The first-order valence-electron chi connectivity index (χ1n) is 10.7. The molecule has 0 unspecified atom stereocenters. The number of rotatable bonds is 6. The molecule has 0 saturated heterocycles. The van der Waals surface area contributed by atoms with Gasteiger partial charge in [-0.2, -0.15) is 0 Å². The Morgan fingerprint density at radius 1 is 0.914 bits per heavy atom. The number of para-hydroxylation sites is 1. The summed E-state index contributed by atoms with van der Waals surface area (Å²) in [5.41, 5.74) is 4.39. The third-order valence-corrected chi connectivity index (χ3v) is 6.80. The number of amides is 1. The number of hydrogen-bond donors (Lipinski definition) is 1. The summed E-state index contributed by atoms with van der Waals surface area (Å²) in [6.45, 7) is 0. The van der Waals surface area contributed by atoms with Crippen molar-refractivity contribution in [2.75, 3.05) is 19.5 Å². The zero-order chi connectivity index (χ0) is 24.4. The molecule has 1 N–H and O–H groups in total. The standard InChI is InChI=1S/C27H20BrN3O3S/c1-33-18-11-12-20(25(13-18)34-2)23-14-21(19-5-3-4-6-22(19)29-23)26(32)31-27-30-24(15-35-27)16-7-9-17(28)10-8-16/h3-15H,1-2H3,(H,30,31,32). The molecule has 0 radical (unpaired) electrons. The molecular weight excluding hydrogens is 526 g/mol. The summed E-state index contributed by atoms with van der Waals surface area (Å²) >= 11 is 4.83. The van der Waals surface area contributed by atoms with E-state index in [2.05, 4.69) is 26.2 Å². The van der Waals surface area contributed by atoms with Gasteiger partial charge in [0.25, 0.3) is 5.91 Å². The Kier molecular flexibility index (Phi) is 6.48. The normalized spacial score (nSPS) is 10.8. The first kappa shape index (κ1) is 23.0. The smallest absolute Gasteiger partial charge is 0.258 e. The van der Waals surface area contributed by atoms with Crippen molar-refractivity contribution in [3.8, 4) is 34.0 Å². The van der Waals surface area contributed by atoms with Crippen molar-refractivity contribution < 1.29 is 14.3 Å². The molecule has 8 heteroatoms. The minimum absolute atomic E-state index is 0.256. The predicted octanol–water partition coefficient (Wildman–Crippen LogP) is 7.06. The van der Waals surface area contributed by atoms with Crippen LogP contribution < -0.4 is 14.8 Å². The van der Waals surface area contributed by atoms with Crippen LogP contribution in [-0.2, 0) is 0 Å². The van der Waals surface area contributed by atoms with Gasteiger partial charge in [0.05, 0.1) is 36.7 Å². The molecule has 3 aromatic carbocycles. The molecule has 0 aliphatic carbocycles. The number of benzene rings is 3. The van der Waals surface area contributed by atoms with Crippen LogP contribution in [0.25, 0.3) is 33.4 Å². The number of thiazole rings is 1. The fourth-order valence-corrected chi connectivity index (χ4v) is 4.74. The molecule has 0 bridgehead atoms. The van der Waals surface area contributed by atoms with Gasteiger partial charge in [0.1, 0.15) is 11.5 Å². The van der Waals surface area contributed by atoms with Crippen LogP contribution in [0.15, 0.2) is 82.6 Å². The number of anilines is 1. The van der Waals surface area contributed by atoms with E-state index in [1.54, 1.807) is 26.4 Å². The summed E-state index contributed by atoms with van der Waals surface area (Å²) in [5.74, 6) is 1.03. The van der Waals surface area contributed by atoms with Gasteiger partial charge < -0.3 is 9.47 Å². The quantitative estimate of drug-likeness (QED) is 0.247. The van der Waals surface area contributed by atoms with Crippen molar-refractivity contribution in [1.82, 2.24) is 9.97 Å². The van der Waals surface area contributed by atoms with E-state index in [1.165, 1.54) is 11.3 Å². The predicted molar refractivity (Wildman–Crippen MR) is 143 cm³/mol. The van der Waals surface area contributed by atoms with Crippen LogP contribution in [0.1, 0.15) is 10.4 Å². The second-order valence-corrected chi connectivity index (χ2v) is 9.41. The molecule has 0 fully saturated rings. The number of nitrogens with zero attached hydrogens (tertiary/aromatic N) is 2. The highest BCUT2D eigenvalue weighted by Crippen LogP contribution is 2.35. The van der Waals surface area contributed by atoms with Gasteiger partial charge in [-0.25, -0.2) is 9.97 Å². The first-order valence-corrected chi connectivity index (χ1v) is 12.4. The molecule has 174 valence electrons. The van der Waals surface area contributed by atoms with Crippen LogP contribution in [0.5, 0.6) is 11.5 Å². The Bertz CT molecular complexity index is 1530. The topological polar surface area (TPSA) is 73.3 Å². The number of carbonyl (C=O) groups is 1. The lowest BCUT2D eigenvalue weighted by molar-refractivity contribution is 0.102. The lowest BCUT2D eigenvalue weighted by atomic mass is 10.0. The number of carbonyl (C=O) groups excluding carboxylic acids is 1. The van der Waals surface area contributed by atoms with Gasteiger partial charge in [0, 0.05) is 32.4 Å². The highest BCUT2D eigenvalue weighted by atomic mass is 79.9. The number of aromatic nitrogens is 2. The zero-order valence-corrected chi connectivity index (χ0v) is 21.3. The van der Waals surface area contributed by atoms with Crippen molar-refractivity contribution in [1.29, 1.82) is 0 Å². The number of ether oxygens (including phenoxy) is 2. The molecule has 35 heavy (non-hydrogen) atoms. The molecule has 0 spiro atoms. The maximum absolute atomic E-state index is 13.4. The lowest BCUT2D eigenvalue weighted by Crippen LogP contribution is -2.13. The largest absolute Gasteiger partial charge is 0.497 e. The number of methoxy groups -OCH3 is 2. The summed E-state index contributed by atoms with van der Waals surface area (Å²) in [7, 11) is 3.20. The Morgan fingerprint density at radius 3 is 2.49 bits per heavy atom. The second kappa shape index (κ2) is 9.85. The van der Waals surface area contributed by atoms with Crippen molar-refractivity contribution in [2.45, 2.75) is 0 Å². The van der Waals surface area contributed by atoms with Gasteiger partial charge >= 0.3 is 0 Å². The number of halogens is 1. The summed E-state index contributed by atoms with van der Waals surface area (Å²) in [6.07, 6.45) is 0. The summed E-state index contributed by atoms with van der Waals surface area (Å²) in [4.78, 5) is 22.8. The van der Waals surface area contributed by atoms with Crippen molar-refractivity contribution in [3.63, 3.8) is 0 Å². The molecule has 1 amide bonds. The van der Waals surface area contributed by atoms with Gasteiger partial charge in [-0.05, 0) is 36.4 Å². The van der Waals surface area contributed by atoms with Gasteiger partial charge in [0.15, 0.2) is 5.13 Å². The van der Waals surface area contributed by atoms with E-state index < -0.39 is 0 Å². The fourth-order valence-electron chi connectivity index (χ4n) is 3.76. The molecule has 0 atom stereocenters. The maximum atomic E-state index is 13.4. The van der Waals surface area contributed by atoms with Gasteiger partial charge in [-0.15, -0.1) is 11.3 Å². The van der Waals surface area contributed by atoms with Crippen LogP contribution in [0.3, 0.4) is 0 Å². The Hall–Kier alpha value is -3.75. The highest BCUT2D eigenvalue weighted by molar-refractivity contribution is 9.10. The molecular formula is C27H20BrN3O3S. The molecule has 2 heterocycles. The molecule has 0 aliphatic heterocycles. The lowest BCUT2D eigenvalue weighted by Gasteiger charge is -2.13. The Morgan fingerprint density at radius 2 is 1.71 bits per heavy atom. The molecule has 0 aliphatic rings. The van der Waals surface area contributed by atoms with Crippen LogP contribution in [0.4, 0.5) is 5.13 Å². The maximum Gasteiger partial charge on any atom is 0.258 e. The first-order chi connectivity index (χ1) is 17.1. The van der Waals surface area contributed by atoms with Crippen LogP contribution in [-0.4, -0.2) is 30.1 Å². The third-order valence-electron chi connectivity index (χ3n) is 5.51. The molecule has 6 nitrogen and oxygen atoms in total. The Balaban J connectivity index is 1.52. The third kappa shape index (κ3) is 4.76. The van der Waals surface area contributed by atoms with Crippen LogP contribution in [0, 0.1) is 0 Å². The van der Waals surface area contributed by atoms with Crippen molar-refractivity contribution in [3.05, 3.63) is 88.2 Å². The summed E-state index contributed by atoms with van der Waals surface area (Å²) < 4.78 is 11.9. The monoisotopic (exact) mass is 545 g/mol. The number of pyridine rings is 1. The van der Waals surface area contributed by atoms with Crippen molar-refractivity contribution >= 4 is 49.2 Å². The van der Waals surface area contributed by atoms with E-state index in [1.807, 2.05) is 66.0 Å². The zero-order valence-electron chi connectivity index (χ0n) is 18.9. The summed E-state index contributed by atoms with van der Waals surface area (Å²) in [6, 6.07) is 22.8. The fraction of sp³-hybridized carbons (Fsp3) is 0.0741. The minimum atomic E-state index is -0.256.